The van der Waals surface area contributed by atoms with Crippen molar-refractivity contribution in [2.75, 3.05) is 27.6 Å². The monoisotopic (exact) mass is 369 g/mol. The molecular weight excluding hydrogens is 350 g/mol. The second-order valence-corrected chi connectivity index (χ2v) is 6.86. The number of hydrogen-bond donors (Lipinski definition) is 1. The first-order valence-electron chi connectivity index (χ1n) is 8.77. The average molecular weight is 369 g/mol. The summed E-state index contributed by atoms with van der Waals surface area (Å²) in [4.78, 5) is 15.2. The number of ether oxygens (including phenoxy) is 4. The topological polar surface area (TPSA) is 77.5 Å². The minimum absolute atomic E-state index is 0.147. The van der Waals surface area contributed by atoms with Gasteiger partial charge < -0.3 is 24.1 Å². The van der Waals surface area contributed by atoms with Crippen LogP contribution in [0.5, 0.6) is 23.0 Å². The highest BCUT2D eigenvalue weighted by Crippen LogP contribution is 2.48. The van der Waals surface area contributed by atoms with Crippen molar-refractivity contribution in [1.29, 1.82) is 0 Å². The van der Waals surface area contributed by atoms with Gasteiger partial charge in [0, 0.05) is 29.8 Å². The third-order valence-corrected chi connectivity index (χ3v) is 5.64. The number of hydrogen-bond acceptors (Lipinski definition) is 7. The van der Waals surface area contributed by atoms with Gasteiger partial charge in [0.05, 0.1) is 14.2 Å². The molecule has 0 amide bonds. The summed E-state index contributed by atoms with van der Waals surface area (Å²) < 4.78 is 21.8. The van der Waals surface area contributed by atoms with Gasteiger partial charge in [-0.05, 0) is 36.2 Å². The molecule has 0 aromatic heterocycles. The molecule has 0 radical (unpaired) electrons. The first-order valence-corrected chi connectivity index (χ1v) is 8.77. The largest absolute Gasteiger partial charge is 0.493 e. The van der Waals surface area contributed by atoms with E-state index < -0.39 is 5.72 Å². The molecule has 7 nitrogen and oxygen atoms in total. The van der Waals surface area contributed by atoms with Gasteiger partial charge in [0.2, 0.25) is 18.3 Å². The maximum Gasteiger partial charge on any atom is 0.231 e. The minimum atomic E-state index is -1.73. The summed E-state index contributed by atoms with van der Waals surface area (Å²) in [6, 6.07) is 6.98. The van der Waals surface area contributed by atoms with Crippen LogP contribution in [0.15, 0.2) is 24.3 Å². The Hall–Kier alpha value is -2.77. The predicted octanol–water partition coefficient (Wildman–Crippen LogP) is 1.83. The number of carbonyl (C=O) groups excluding carboxylic acids is 1. The molecule has 2 aromatic rings. The molecule has 2 aromatic carbocycles. The van der Waals surface area contributed by atoms with Gasteiger partial charge in [0.25, 0.3) is 0 Å². The zero-order valence-corrected chi connectivity index (χ0v) is 15.1. The van der Waals surface area contributed by atoms with Crippen LogP contribution in [-0.2, 0) is 18.7 Å². The second kappa shape index (κ2) is 5.61. The van der Waals surface area contributed by atoms with E-state index in [0.717, 1.165) is 11.1 Å². The summed E-state index contributed by atoms with van der Waals surface area (Å²) in [5.41, 5.74) is 0.896. The Morgan fingerprint density at radius 2 is 1.93 bits per heavy atom. The number of ketones is 1. The Balaban J connectivity index is 1.69. The molecule has 3 aliphatic rings. The standard InChI is InChI=1S/C20H19NO6/c1-24-15-4-3-12-13(18(15)25-2)9-21-6-5-11-7-16-17(27-10-26-16)8-14(11)20(21,23)19(12)22/h3-4,7-8,23H,5-6,9-10H2,1-2H3. The molecule has 0 saturated carbocycles. The number of carbonyl (C=O) groups is 1. The van der Waals surface area contributed by atoms with E-state index in [1.807, 2.05) is 6.07 Å². The van der Waals surface area contributed by atoms with Crippen molar-refractivity contribution in [2.24, 2.45) is 0 Å². The lowest BCUT2D eigenvalue weighted by atomic mass is 9.79. The molecule has 0 aliphatic carbocycles. The van der Waals surface area contributed by atoms with Gasteiger partial charge in [-0.1, -0.05) is 0 Å². The number of fused-ring (bicyclic) bond motifs is 5. The van der Waals surface area contributed by atoms with E-state index in [4.69, 9.17) is 18.9 Å². The van der Waals surface area contributed by atoms with E-state index in [1.54, 1.807) is 37.3 Å². The van der Waals surface area contributed by atoms with E-state index in [0.29, 0.717) is 53.6 Å². The van der Waals surface area contributed by atoms with Gasteiger partial charge in [-0.25, -0.2) is 0 Å². The SMILES string of the molecule is COc1ccc2c(c1OC)CN1CCc3cc4c(cc3C1(O)C2=O)OCO4. The molecule has 27 heavy (non-hydrogen) atoms. The second-order valence-electron chi connectivity index (χ2n) is 6.86. The molecule has 1 unspecified atom stereocenters. The molecular formula is C20H19NO6. The van der Waals surface area contributed by atoms with Crippen molar-refractivity contribution in [3.05, 3.63) is 46.5 Å². The van der Waals surface area contributed by atoms with E-state index >= 15 is 0 Å². The van der Waals surface area contributed by atoms with Gasteiger partial charge in [0.1, 0.15) is 0 Å². The predicted molar refractivity (Wildman–Crippen MR) is 94.5 cm³/mol. The van der Waals surface area contributed by atoms with Crippen LogP contribution in [0, 0.1) is 0 Å². The van der Waals surface area contributed by atoms with Crippen molar-refractivity contribution in [3.8, 4) is 23.0 Å². The molecule has 0 fully saturated rings. The fourth-order valence-electron chi connectivity index (χ4n) is 4.30. The highest BCUT2D eigenvalue weighted by atomic mass is 16.7. The van der Waals surface area contributed by atoms with Gasteiger partial charge in [-0.15, -0.1) is 0 Å². The number of rotatable bonds is 2. The lowest BCUT2D eigenvalue weighted by Crippen LogP contribution is -2.58. The number of benzene rings is 2. The molecule has 0 bridgehead atoms. The third-order valence-electron chi connectivity index (χ3n) is 5.64. The average Bonchev–Trinajstić information content (AvgIpc) is 3.14. The molecule has 1 N–H and O–H groups in total. The van der Waals surface area contributed by atoms with Gasteiger partial charge in [-0.2, -0.15) is 0 Å². The van der Waals surface area contributed by atoms with Crippen molar-refractivity contribution in [2.45, 2.75) is 18.7 Å². The number of aliphatic hydroxyl groups is 1. The van der Waals surface area contributed by atoms with Crippen LogP contribution < -0.4 is 18.9 Å². The molecule has 3 aliphatic heterocycles. The highest BCUT2D eigenvalue weighted by Gasteiger charge is 2.52. The van der Waals surface area contributed by atoms with Crippen molar-refractivity contribution in [1.82, 2.24) is 4.90 Å². The summed E-state index contributed by atoms with van der Waals surface area (Å²) in [6.07, 6.45) is 0.698. The molecule has 0 saturated heterocycles. The van der Waals surface area contributed by atoms with Crippen LogP contribution in [0.3, 0.4) is 0 Å². The van der Waals surface area contributed by atoms with E-state index in [1.165, 1.54) is 0 Å². The van der Waals surface area contributed by atoms with Crippen LogP contribution in [0.25, 0.3) is 0 Å². The first kappa shape index (κ1) is 16.4. The fourth-order valence-corrected chi connectivity index (χ4v) is 4.30. The van der Waals surface area contributed by atoms with Crippen molar-refractivity contribution in [3.63, 3.8) is 0 Å². The van der Waals surface area contributed by atoms with Gasteiger partial charge >= 0.3 is 0 Å². The lowest BCUT2D eigenvalue weighted by molar-refractivity contribution is -0.0986. The Morgan fingerprint density at radius 1 is 1.15 bits per heavy atom. The number of methoxy groups -OCH3 is 2. The summed E-state index contributed by atoms with van der Waals surface area (Å²) in [6.45, 7) is 1.06. The van der Waals surface area contributed by atoms with Crippen LogP contribution in [0.2, 0.25) is 0 Å². The zero-order chi connectivity index (χ0) is 18.8. The molecule has 3 heterocycles. The first-order chi connectivity index (χ1) is 13.1. The molecule has 7 heteroatoms. The van der Waals surface area contributed by atoms with Gasteiger partial charge in [0.15, 0.2) is 23.0 Å². The molecule has 140 valence electrons. The lowest BCUT2D eigenvalue weighted by Gasteiger charge is -2.46. The number of nitrogens with zero attached hydrogens (tertiary/aromatic N) is 1. The van der Waals surface area contributed by atoms with Gasteiger partial charge in [-0.3, -0.25) is 9.69 Å². The Bertz CT molecular complexity index is 971. The van der Waals surface area contributed by atoms with Crippen LogP contribution in [0.1, 0.15) is 27.0 Å². The van der Waals surface area contributed by atoms with Crippen LogP contribution in [-0.4, -0.2) is 43.3 Å². The summed E-state index contributed by atoms with van der Waals surface area (Å²) >= 11 is 0. The van der Waals surface area contributed by atoms with Crippen LogP contribution in [0.4, 0.5) is 0 Å². The molecule has 5 rings (SSSR count). The third kappa shape index (κ3) is 2.06. The summed E-state index contributed by atoms with van der Waals surface area (Å²) in [7, 11) is 3.11. The smallest absolute Gasteiger partial charge is 0.231 e. The fraction of sp³-hybridized carbons (Fsp3) is 0.350. The van der Waals surface area contributed by atoms with E-state index in [-0.39, 0.29) is 12.6 Å². The normalized spacial score (nSPS) is 22.7. The van der Waals surface area contributed by atoms with Crippen molar-refractivity contribution >= 4 is 5.78 Å². The summed E-state index contributed by atoms with van der Waals surface area (Å²) in [5.74, 6) is 1.93. The molecule has 0 spiro atoms. The Kier molecular flexibility index (Phi) is 3.41. The minimum Gasteiger partial charge on any atom is -0.493 e. The summed E-state index contributed by atoms with van der Waals surface area (Å²) in [5, 5.41) is 11.6. The van der Waals surface area contributed by atoms with E-state index in [2.05, 4.69) is 0 Å². The maximum atomic E-state index is 13.4. The Labute approximate surface area is 156 Å². The highest BCUT2D eigenvalue weighted by molar-refractivity contribution is 6.05. The number of Topliss-reactive ketones (excluding diaryl/α,β-unsaturated/α-hetero) is 1. The van der Waals surface area contributed by atoms with E-state index in [9.17, 15) is 9.90 Å². The quantitative estimate of drug-likeness (QED) is 0.865. The van der Waals surface area contributed by atoms with Crippen LogP contribution >= 0.6 is 0 Å². The Morgan fingerprint density at radius 3 is 2.67 bits per heavy atom. The van der Waals surface area contributed by atoms with Crippen molar-refractivity contribution < 1.29 is 28.8 Å². The zero-order valence-electron chi connectivity index (χ0n) is 15.1. The molecule has 1 atom stereocenters. The maximum absolute atomic E-state index is 13.4.